The van der Waals surface area contributed by atoms with Crippen molar-refractivity contribution < 1.29 is 9.90 Å². The average molecular weight is 182 g/mol. The molecule has 5 nitrogen and oxygen atoms in total. The van der Waals surface area contributed by atoms with Gasteiger partial charge in [-0.05, 0) is 13.8 Å². The Morgan fingerprint density at radius 2 is 2.31 bits per heavy atom. The van der Waals surface area contributed by atoms with Crippen molar-refractivity contribution in [2.75, 3.05) is 0 Å². The summed E-state index contributed by atoms with van der Waals surface area (Å²) < 4.78 is 1.32. The van der Waals surface area contributed by atoms with Crippen molar-refractivity contribution in [3.05, 3.63) is 27.9 Å². The third-order valence-corrected chi connectivity index (χ3v) is 1.79. The highest BCUT2D eigenvalue weighted by Crippen LogP contribution is 1.93. The van der Waals surface area contributed by atoms with Crippen LogP contribution in [0.4, 0.5) is 0 Å². The Bertz CT molecular complexity index is 395. The van der Waals surface area contributed by atoms with Gasteiger partial charge in [0, 0.05) is 12.7 Å². The summed E-state index contributed by atoms with van der Waals surface area (Å²) in [6.07, 6.45) is 1.09. The summed E-state index contributed by atoms with van der Waals surface area (Å²) in [4.78, 5) is 25.8. The van der Waals surface area contributed by atoms with Gasteiger partial charge in [-0.25, -0.2) is 9.78 Å². The van der Waals surface area contributed by atoms with E-state index in [0.29, 0.717) is 12.4 Å². The van der Waals surface area contributed by atoms with Gasteiger partial charge in [-0.3, -0.25) is 9.36 Å². The van der Waals surface area contributed by atoms with Gasteiger partial charge in [0.05, 0.1) is 0 Å². The van der Waals surface area contributed by atoms with Gasteiger partial charge in [0.25, 0.3) is 5.56 Å². The minimum atomic E-state index is -1.24. The SMILES string of the molecule is CCn1c(C)ncc(C(=O)O)c1=O. The lowest BCUT2D eigenvalue weighted by Gasteiger charge is -2.05. The highest BCUT2D eigenvalue weighted by molar-refractivity contribution is 5.86. The molecule has 0 radical (unpaired) electrons. The van der Waals surface area contributed by atoms with Crippen LogP contribution >= 0.6 is 0 Å². The van der Waals surface area contributed by atoms with Crippen LogP contribution in [0.3, 0.4) is 0 Å². The summed E-state index contributed by atoms with van der Waals surface area (Å²) >= 11 is 0. The van der Waals surface area contributed by atoms with E-state index in [1.165, 1.54) is 4.57 Å². The van der Waals surface area contributed by atoms with E-state index < -0.39 is 11.5 Å². The predicted octanol–water partition coefficient (Wildman–Crippen LogP) is 0.270. The maximum absolute atomic E-state index is 11.4. The van der Waals surface area contributed by atoms with Crippen LogP contribution in [0.5, 0.6) is 0 Å². The minimum Gasteiger partial charge on any atom is -0.477 e. The third-order valence-electron chi connectivity index (χ3n) is 1.79. The topological polar surface area (TPSA) is 72.2 Å². The summed E-state index contributed by atoms with van der Waals surface area (Å²) in [5.74, 6) is -0.711. The first kappa shape index (κ1) is 9.44. The highest BCUT2D eigenvalue weighted by atomic mass is 16.4. The lowest BCUT2D eigenvalue weighted by atomic mass is 10.3. The van der Waals surface area contributed by atoms with Gasteiger partial charge in [0.2, 0.25) is 0 Å². The molecule has 0 aliphatic heterocycles. The number of aryl methyl sites for hydroxylation is 1. The zero-order valence-corrected chi connectivity index (χ0v) is 7.44. The molecule has 1 aromatic heterocycles. The fourth-order valence-corrected chi connectivity index (χ4v) is 1.09. The fourth-order valence-electron chi connectivity index (χ4n) is 1.09. The lowest BCUT2D eigenvalue weighted by molar-refractivity contribution is 0.0693. The van der Waals surface area contributed by atoms with E-state index in [1.54, 1.807) is 13.8 Å². The molecule has 5 heteroatoms. The van der Waals surface area contributed by atoms with Crippen LogP contribution in [0.15, 0.2) is 11.0 Å². The first-order valence-electron chi connectivity index (χ1n) is 3.87. The second kappa shape index (κ2) is 3.38. The van der Waals surface area contributed by atoms with Crippen LogP contribution in [0.2, 0.25) is 0 Å². The van der Waals surface area contributed by atoms with Gasteiger partial charge in [-0.1, -0.05) is 0 Å². The third kappa shape index (κ3) is 1.58. The smallest absolute Gasteiger partial charge is 0.342 e. The molecular weight excluding hydrogens is 172 g/mol. The van der Waals surface area contributed by atoms with Crippen LogP contribution in [0.25, 0.3) is 0 Å². The number of carbonyl (C=O) groups is 1. The summed E-state index contributed by atoms with van der Waals surface area (Å²) in [6.45, 7) is 3.86. The Balaban J connectivity index is 3.45. The summed E-state index contributed by atoms with van der Waals surface area (Å²) in [5.41, 5.74) is -0.782. The molecule has 1 N–H and O–H groups in total. The Hall–Kier alpha value is -1.65. The molecule has 0 aliphatic rings. The van der Waals surface area contributed by atoms with Gasteiger partial charge in [0.15, 0.2) is 0 Å². The van der Waals surface area contributed by atoms with Gasteiger partial charge in [0.1, 0.15) is 11.4 Å². The second-order valence-electron chi connectivity index (χ2n) is 2.57. The molecule has 0 atom stereocenters. The summed E-state index contributed by atoms with van der Waals surface area (Å²) in [5, 5.41) is 8.62. The normalized spacial score (nSPS) is 10.0. The number of aromatic carboxylic acids is 1. The Morgan fingerprint density at radius 1 is 1.69 bits per heavy atom. The second-order valence-corrected chi connectivity index (χ2v) is 2.57. The van der Waals surface area contributed by atoms with Crippen LogP contribution in [-0.4, -0.2) is 20.6 Å². The largest absolute Gasteiger partial charge is 0.477 e. The van der Waals surface area contributed by atoms with E-state index in [4.69, 9.17) is 5.11 Å². The lowest BCUT2D eigenvalue weighted by Crippen LogP contribution is -2.28. The van der Waals surface area contributed by atoms with Gasteiger partial charge < -0.3 is 5.11 Å². The molecular formula is C8H10N2O3. The maximum atomic E-state index is 11.4. The van der Waals surface area contributed by atoms with Gasteiger partial charge in [-0.15, -0.1) is 0 Å². The molecule has 0 saturated carbocycles. The van der Waals surface area contributed by atoms with Crippen molar-refractivity contribution >= 4 is 5.97 Å². The van der Waals surface area contributed by atoms with Crippen LogP contribution in [0.1, 0.15) is 23.1 Å². The molecule has 0 spiro atoms. The molecule has 0 unspecified atom stereocenters. The number of nitrogens with zero attached hydrogens (tertiary/aromatic N) is 2. The minimum absolute atomic E-state index is 0.285. The van der Waals surface area contributed by atoms with Crippen molar-refractivity contribution in [3.63, 3.8) is 0 Å². The number of aromatic nitrogens is 2. The highest BCUT2D eigenvalue weighted by Gasteiger charge is 2.11. The van der Waals surface area contributed by atoms with E-state index in [1.807, 2.05) is 0 Å². The van der Waals surface area contributed by atoms with Gasteiger partial charge >= 0.3 is 5.97 Å². The summed E-state index contributed by atoms with van der Waals surface area (Å²) in [7, 11) is 0. The fraction of sp³-hybridized carbons (Fsp3) is 0.375. The molecule has 0 aliphatic carbocycles. The van der Waals surface area contributed by atoms with E-state index in [9.17, 15) is 9.59 Å². The number of rotatable bonds is 2. The molecule has 0 amide bonds. The molecule has 0 saturated heterocycles. The van der Waals surface area contributed by atoms with Crippen molar-refractivity contribution in [2.24, 2.45) is 0 Å². The molecule has 0 aromatic carbocycles. The molecule has 1 rings (SSSR count). The van der Waals surface area contributed by atoms with E-state index >= 15 is 0 Å². The van der Waals surface area contributed by atoms with Crippen molar-refractivity contribution in [1.82, 2.24) is 9.55 Å². The van der Waals surface area contributed by atoms with Crippen molar-refractivity contribution in [1.29, 1.82) is 0 Å². The molecule has 0 fully saturated rings. The zero-order valence-electron chi connectivity index (χ0n) is 7.44. The monoisotopic (exact) mass is 182 g/mol. The average Bonchev–Trinajstić information content (AvgIpc) is 2.04. The molecule has 1 aromatic rings. The number of hydrogen-bond donors (Lipinski definition) is 1. The number of carboxylic acid groups (broad SMARTS) is 1. The van der Waals surface area contributed by atoms with Crippen LogP contribution < -0.4 is 5.56 Å². The van der Waals surface area contributed by atoms with E-state index in [2.05, 4.69) is 4.98 Å². The number of hydrogen-bond acceptors (Lipinski definition) is 3. The Morgan fingerprint density at radius 3 is 2.77 bits per heavy atom. The molecule has 13 heavy (non-hydrogen) atoms. The van der Waals surface area contributed by atoms with E-state index in [0.717, 1.165) is 6.20 Å². The standard InChI is InChI=1S/C8H10N2O3/c1-3-10-5(2)9-4-6(7(10)11)8(12)13/h4H,3H2,1-2H3,(H,12,13). The van der Waals surface area contributed by atoms with Crippen LogP contribution in [-0.2, 0) is 6.54 Å². The zero-order chi connectivity index (χ0) is 10.0. The first-order valence-corrected chi connectivity index (χ1v) is 3.87. The molecule has 1 heterocycles. The van der Waals surface area contributed by atoms with Gasteiger partial charge in [-0.2, -0.15) is 0 Å². The van der Waals surface area contributed by atoms with E-state index in [-0.39, 0.29) is 5.56 Å². The van der Waals surface area contributed by atoms with Crippen molar-refractivity contribution in [3.8, 4) is 0 Å². The quantitative estimate of drug-likeness (QED) is 0.712. The molecule has 70 valence electrons. The Labute approximate surface area is 74.7 Å². The van der Waals surface area contributed by atoms with Crippen molar-refractivity contribution in [2.45, 2.75) is 20.4 Å². The summed E-state index contributed by atoms with van der Waals surface area (Å²) in [6, 6.07) is 0. The molecule has 0 bridgehead atoms. The van der Waals surface area contributed by atoms with Crippen LogP contribution in [0, 0.1) is 6.92 Å². The maximum Gasteiger partial charge on any atom is 0.342 e. The Kier molecular flexibility index (Phi) is 2.46. The predicted molar refractivity (Wildman–Crippen MR) is 45.9 cm³/mol. The first-order chi connectivity index (χ1) is 6.07. The number of carboxylic acids is 1.